The summed E-state index contributed by atoms with van der Waals surface area (Å²) in [5.41, 5.74) is 5.65. The van der Waals surface area contributed by atoms with E-state index in [1.54, 1.807) is 11.3 Å². The third kappa shape index (κ3) is 2.53. The third-order valence-corrected chi connectivity index (χ3v) is 3.84. The van der Waals surface area contributed by atoms with Crippen molar-refractivity contribution in [1.82, 2.24) is 4.98 Å². The van der Waals surface area contributed by atoms with Gasteiger partial charge in [-0.3, -0.25) is 0 Å². The molecule has 0 aliphatic carbocycles. The molecular formula is C15H14N4S. The molecule has 5 heteroatoms. The summed E-state index contributed by atoms with van der Waals surface area (Å²) >= 11 is 1.58. The molecule has 2 aromatic carbocycles. The Morgan fingerprint density at radius 3 is 2.55 bits per heavy atom. The molecular weight excluding hydrogens is 268 g/mol. The Kier molecular flexibility index (Phi) is 3.43. The van der Waals surface area contributed by atoms with E-state index >= 15 is 0 Å². The normalized spacial score (nSPS) is 11.3. The highest BCUT2D eigenvalue weighted by Gasteiger charge is 2.02. The smallest absolute Gasteiger partial charge is 0.105 e. The summed E-state index contributed by atoms with van der Waals surface area (Å²) in [4.78, 5) is 6.33. The van der Waals surface area contributed by atoms with Gasteiger partial charge in [0, 0.05) is 19.8 Å². The van der Waals surface area contributed by atoms with E-state index < -0.39 is 0 Å². The molecule has 0 spiro atoms. The summed E-state index contributed by atoms with van der Waals surface area (Å²) in [6.07, 6.45) is 0. The quantitative estimate of drug-likeness (QED) is 0.649. The number of hydrogen-bond acceptors (Lipinski definition) is 5. The highest BCUT2D eigenvalue weighted by molar-refractivity contribution is 7.17. The van der Waals surface area contributed by atoms with Crippen molar-refractivity contribution in [2.45, 2.75) is 0 Å². The number of anilines is 1. The maximum atomic E-state index is 4.33. The summed E-state index contributed by atoms with van der Waals surface area (Å²) in [6.45, 7) is 0. The largest absolute Gasteiger partial charge is 0.378 e. The topological polar surface area (TPSA) is 40.9 Å². The molecule has 4 nitrogen and oxygen atoms in total. The lowest BCUT2D eigenvalue weighted by molar-refractivity contribution is 1.13. The van der Waals surface area contributed by atoms with Crippen LogP contribution in [0.3, 0.4) is 0 Å². The molecule has 0 radical (unpaired) electrons. The standard InChI is InChI=1S/C15H14N4S/c1-19(2)12-8-6-11(7-9-12)17-18-14-5-3-4-13-15(14)20-10-16-13/h3-10H,1-2H3. The van der Waals surface area contributed by atoms with Crippen molar-refractivity contribution in [2.75, 3.05) is 19.0 Å². The molecule has 0 amide bonds. The fraction of sp³-hybridized carbons (Fsp3) is 0.133. The third-order valence-electron chi connectivity index (χ3n) is 2.98. The Hall–Kier alpha value is -2.27. The van der Waals surface area contributed by atoms with Gasteiger partial charge in [-0.1, -0.05) is 6.07 Å². The number of rotatable bonds is 3. The average Bonchev–Trinajstić information content (AvgIpc) is 2.94. The number of aromatic nitrogens is 1. The van der Waals surface area contributed by atoms with E-state index in [0.29, 0.717) is 0 Å². The number of hydrogen-bond donors (Lipinski definition) is 0. The fourth-order valence-corrected chi connectivity index (χ4v) is 2.62. The van der Waals surface area contributed by atoms with Crippen LogP contribution in [0.15, 0.2) is 58.2 Å². The Morgan fingerprint density at radius 2 is 1.80 bits per heavy atom. The summed E-state index contributed by atoms with van der Waals surface area (Å²) in [6, 6.07) is 13.9. The van der Waals surface area contributed by atoms with E-state index in [9.17, 15) is 0 Å². The number of thiazole rings is 1. The van der Waals surface area contributed by atoms with Gasteiger partial charge in [0.1, 0.15) is 5.69 Å². The average molecular weight is 282 g/mol. The predicted molar refractivity (Wildman–Crippen MR) is 84.6 cm³/mol. The maximum absolute atomic E-state index is 4.33. The van der Waals surface area contributed by atoms with Crippen LogP contribution in [0, 0.1) is 0 Å². The van der Waals surface area contributed by atoms with Gasteiger partial charge in [-0.15, -0.1) is 16.5 Å². The molecule has 3 aromatic rings. The van der Waals surface area contributed by atoms with Crippen LogP contribution in [-0.2, 0) is 0 Å². The van der Waals surface area contributed by atoms with Crippen molar-refractivity contribution in [3.05, 3.63) is 48.0 Å². The van der Waals surface area contributed by atoms with Gasteiger partial charge in [-0.05, 0) is 36.4 Å². The van der Waals surface area contributed by atoms with Crippen LogP contribution in [0.1, 0.15) is 0 Å². The zero-order chi connectivity index (χ0) is 13.9. The second-order valence-corrected chi connectivity index (χ2v) is 5.44. The minimum absolute atomic E-state index is 0.845. The Bertz CT molecular complexity index is 744. The molecule has 100 valence electrons. The van der Waals surface area contributed by atoms with Gasteiger partial charge in [-0.2, -0.15) is 5.11 Å². The van der Waals surface area contributed by atoms with Gasteiger partial charge in [0.15, 0.2) is 0 Å². The molecule has 0 aliphatic rings. The van der Waals surface area contributed by atoms with Crippen LogP contribution in [0.2, 0.25) is 0 Å². The highest BCUT2D eigenvalue weighted by atomic mass is 32.1. The molecule has 0 aliphatic heterocycles. The van der Waals surface area contributed by atoms with Crippen LogP contribution < -0.4 is 4.90 Å². The minimum atomic E-state index is 0.845. The van der Waals surface area contributed by atoms with Gasteiger partial charge in [-0.25, -0.2) is 4.98 Å². The van der Waals surface area contributed by atoms with Crippen molar-refractivity contribution in [3.8, 4) is 0 Å². The van der Waals surface area contributed by atoms with Crippen molar-refractivity contribution in [1.29, 1.82) is 0 Å². The fourth-order valence-electron chi connectivity index (χ4n) is 1.88. The molecule has 0 fully saturated rings. The molecule has 0 N–H and O–H groups in total. The molecule has 20 heavy (non-hydrogen) atoms. The molecule has 0 unspecified atom stereocenters. The summed E-state index contributed by atoms with van der Waals surface area (Å²) in [5.74, 6) is 0. The van der Waals surface area contributed by atoms with E-state index in [1.807, 2.05) is 62.1 Å². The summed E-state index contributed by atoms with van der Waals surface area (Å²) in [7, 11) is 4.03. The second kappa shape index (κ2) is 5.38. The monoisotopic (exact) mass is 282 g/mol. The zero-order valence-electron chi connectivity index (χ0n) is 11.3. The molecule has 1 aromatic heterocycles. The number of fused-ring (bicyclic) bond motifs is 1. The zero-order valence-corrected chi connectivity index (χ0v) is 12.1. The van der Waals surface area contributed by atoms with Crippen LogP contribution in [-0.4, -0.2) is 19.1 Å². The van der Waals surface area contributed by atoms with Crippen molar-refractivity contribution in [3.63, 3.8) is 0 Å². The number of azo groups is 1. The van der Waals surface area contributed by atoms with E-state index in [-0.39, 0.29) is 0 Å². The first-order valence-electron chi connectivity index (χ1n) is 6.25. The first-order chi connectivity index (χ1) is 9.74. The van der Waals surface area contributed by atoms with E-state index in [1.165, 1.54) is 0 Å². The lowest BCUT2D eigenvalue weighted by Gasteiger charge is -2.11. The number of nitrogens with zero attached hydrogens (tertiary/aromatic N) is 4. The Labute approximate surface area is 121 Å². The van der Waals surface area contributed by atoms with Gasteiger partial charge >= 0.3 is 0 Å². The van der Waals surface area contributed by atoms with Gasteiger partial charge in [0.25, 0.3) is 0 Å². The number of benzene rings is 2. The maximum Gasteiger partial charge on any atom is 0.105 e. The molecule has 0 bridgehead atoms. The van der Waals surface area contributed by atoms with Crippen LogP contribution >= 0.6 is 11.3 Å². The lowest BCUT2D eigenvalue weighted by atomic mass is 10.3. The first kappa shape index (κ1) is 12.7. The first-order valence-corrected chi connectivity index (χ1v) is 7.13. The Morgan fingerprint density at radius 1 is 1.00 bits per heavy atom. The van der Waals surface area contributed by atoms with Gasteiger partial charge < -0.3 is 4.90 Å². The summed E-state index contributed by atoms with van der Waals surface area (Å²) in [5, 5.41) is 8.63. The second-order valence-electron chi connectivity index (χ2n) is 4.59. The van der Waals surface area contributed by atoms with Gasteiger partial charge in [0.05, 0.1) is 21.4 Å². The minimum Gasteiger partial charge on any atom is -0.378 e. The molecule has 3 rings (SSSR count). The van der Waals surface area contributed by atoms with Crippen LogP contribution in [0.25, 0.3) is 10.2 Å². The van der Waals surface area contributed by atoms with E-state index in [0.717, 1.165) is 27.3 Å². The van der Waals surface area contributed by atoms with E-state index in [2.05, 4.69) is 20.1 Å². The molecule has 0 saturated carbocycles. The van der Waals surface area contributed by atoms with Crippen molar-refractivity contribution < 1.29 is 0 Å². The van der Waals surface area contributed by atoms with E-state index in [4.69, 9.17) is 0 Å². The van der Waals surface area contributed by atoms with Crippen LogP contribution in [0.4, 0.5) is 17.1 Å². The predicted octanol–water partition coefficient (Wildman–Crippen LogP) is 4.78. The molecule has 0 atom stereocenters. The van der Waals surface area contributed by atoms with Gasteiger partial charge in [0.2, 0.25) is 0 Å². The summed E-state index contributed by atoms with van der Waals surface area (Å²) < 4.78 is 1.07. The Balaban J connectivity index is 1.88. The molecule has 1 heterocycles. The van der Waals surface area contributed by atoms with Crippen molar-refractivity contribution >= 4 is 38.6 Å². The lowest BCUT2D eigenvalue weighted by Crippen LogP contribution is -2.07. The van der Waals surface area contributed by atoms with Crippen molar-refractivity contribution in [2.24, 2.45) is 10.2 Å². The van der Waals surface area contributed by atoms with Crippen LogP contribution in [0.5, 0.6) is 0 Å². The highest BCUT2D eigenvalue weighted by Crippen LogP contribution is 2.30. The molecule has 0 saturated heterocycles. The SMILES string of the molecule is CN(C)c1ccc(N=Nc2cccc3ncsc23)cc1.